The molecule has 2 N–H and O–H groups in total. The summed E-state index contributed by atoms with van der Waals surface area (Å²) in [4.78, 5) is 70.4. The largest absolute Gasteiger partial charge is 0.495 e. The van der Waals surface area contributed by atoms with Crippen molar-refractivity contribution in [2.75, 3.05) is 86.0 Å². The molecule has 16 nitrogen and oxygen atoms in total. The summed E-state index contributed by atoms with van der Waals surface area (Å²) in [6.07, 6.45) is 1.53. The number of ketones is 1. The molecular weight excluding hydrogens is 896 g/mol. The average Bonchev–Trinajstić information content (AvgIpc) is 4.10. The minimum absolute atomic E-state index is 0.00458. The predicted molar refractivity (Wildman–Crippen MR) is 256 cm³/mol. The Morgan fingerprint density at radius 3 is 2.16 bits per heavy atom. The number of hydrogen-bond acceptors (Lipinski definition) is 14. The molecule has 0 radical (unpaired) electrons. The van der Waals surface area contributed by atoms with Crippen molar-refractivity contribution in [1.82, 2.24) is 20.4 Å². The van der Waals surface area contributed by atoms with Crippen LogP contribution in [0.5, 0.6) is 5.75 Å². The standard InChI is InChI=1S/C51H73ClN4O12/c1-34(2)29-44-49(60)66-42(9-8-10-45(58)54-41(31-38-13-16-43(62-7)40(52)30-38)48(59)53-33-51(5,6)50(61)67-44)36(4)46-47(68-46)39-14-11-37(12-15-39)32-56-20-18-55(19-21-56)22-24-64-26-28-65-27-25-63-23-17-35(3)57/h8,10-16,30,34,36,41-42,44,46-47H,9,17-29,31-33H2,1-7H3,(H,53,59)(H,54,58)/b10-8+/t36-,41+,42-,44-,46+,47+/m0/s1. The van der Waals surface area contributed by atoms with E-state index in [0.29, 0.717) is 62.4 Å². The molecule has 0 saturated carbocycles. The average molecular weight is 970 g/mol. The zero-order valence-electron chi connectivity index (χ0n) is 40.9. The van der Waals surface area contributed by atoms with E-state index in [1.54, 1.807) is 45.0 Å². The number of piperazine rings is 1. The van der Waals surface area contributed by atoms with Gasteiger partial charge in [-0.1, -0.05) is 68.8 Å². The minimum atomic E-state index is -1.23. The van der Waals surface area contributed by atoms with E-state index >= 15 is 0 Å². The molecule has 0 aromatic heterocycles. The molecule has 0 spiro atoms. The summed E-state index contributed by atoms with van der Waals surface area (Å²) in [7, 11) is 1.51. The van der Waals surface area contributed by atoms with Crippen LogP contribution in [-0.2, 0) is 65.4 Å². The van der Waals surface area contributed by atoms with Gasteiger partial charge in [0.15, 0.2) is 6.10 Å². The highest BCUT2D eigenvalue weighted by Crippen LogP contribution is 2.45. The smallest absolute Gasteiger partial charge is 0.347 e. The normalized spacial score (nSPS) is 24.1. The lowest BCUT2D eigenvalue weighted by molar-refractivity contribution is -0.179. The first-order valence-electron chi connectivity index (χ1n) is 23.9. The Labute approximate surface area is 407 Å². The van der Waals surface area contributed by atoms with E-state index in [1.807, 2.05) is 20.8 Å². The fourth-order valence-electron chi connectivity index (χ4n) is 8.02. The fraction of sp³-hybridized carbons (Fsp3) is 0.627. The van der Waals surface area contributed by atoms with Crippen LogP contribution in [0, 0.1) is 17.3 Å². The van der Waals surface area contributed by atoms with Crippen LogP contribution >= 0.6 is 11.6 Å². The molecule has 2 fully saturated rings. The number of esters is 2. The number of cyclic esters (lactones) is 2. The number of carbonyl (C=O) groups excluding carboxylic acids is 5. The number of nitrogens with zero attached hydrogens (tertiary/aromatic N) is 2. The number of epoxide rings is 1. The highest BCUT2D eigenvalue weighted by atomic mass is 35.5. The summed E-state index contributed by atoms with van der Waals surface area (Å²) in [6.45, 7) is 19.1. The lowest BCUT2D eigenvalue weighted by Crippen LogP contribution is -2.51. The number of benzene rings is 2. The van der Waals surface area contributed by atoms with Crippen LogP contribution in [0.25, 0.3) is 0 Å². The van der Waals surface area contributed by atoms with Crippen LogP contribution < -0.4 is 15.4 Å². The van der Waals surface area contributed by atoms with Crippen LogP contribution in [0.2, 0.25) is 5.02 Å². The van der Waals surface area contributed by atoms with Crippen molar-refractivity contribution in [1.29, 1.82) is 0 Å². The SMILES string of the molecule is COc1ccc(C[C@H]2NC(=O)/C=C/C[C@@H]([C@H](C)[C@H]3O[C@@H]3c3ccc(CN4CCN(CCOCCOCCOCCC(C)=O)CC4)cc3)OC(=O)[C@H](CC(C)C)OC(=O)C(C)(C)CNC2=O)cc1Cl. The van der Waals surface area contributed by atoms with Gasteiger partial charge in [-0.15, -0.1) is 0 Å². The third-order valence-electron chi connectivity index (χ3n) is 12.4. The Kier molecular flexibility index (Phi) is 21.7. The number of Topliss-reactive ketones (excluding diaryl/α,β-unsaturated/α-hetero) is 1. The van der Waals surface area contributed by atoms with Crippen LogP contribution in [-0.4, -0.2) is 150 Å². The van der Waals surface area contributed by atoms with E-state index in [2.05, 4.69) is 44.7 Å². The first-order valence-corrected chi connectivity index (χ1v) is 24.3. The van der Waals surface area contributed by atoms with Gasteiger partial charge in [0, 0.05) is 71.0 Å². The second-order valence-corrected chi connectivity index (χ2v) is 19.4. The van der Waals surface area contributed by atoms with Gasteiger partial charge in [-0.2, -0.15) is 0 Å². The molecule has 376 valence electrons. The van der Waals surface area contributed by atoms with Crippen molar-refractivity contribution in [2.24, 2.45) is 17.3 Å². The summed E-state index contributed by atoms with van der Waals surface area (Å²) < 4.78 is 40.2. The van der Waals surface area contributed by atoms with Gasteiger partial charge in [-0.05, 0) is 68.0 Å². The number of halogens is 1. The molecule has 0 aliphatic carbocycles. The number of amides is 2. The zero-order chi connectivity index (χ0) is 49.2. The van der Waals surface area contributed by atoms with E-state index < -0.39 is 47.4 Å². The molecule has 6 atom stereocenters. The number of hydrogen-bond donors (Lipinski definition) is 2. The summed E-state index contributed by atoms with van der Waals surface area (Å²) in [5, 5.41) is 5.96. The van der Waals surface area contributed by atoms with Gasteiger partial charge in [-0.3, -0.25) is 29.0 Å². The van der Waals surface area contributed by atoms with Crippen molar-refractivity contribution in [3.63, 3.8) is 0 Å². The minimum Gasteiger partial charge on any atom is -0.495 e. The summed E-state index contributed by atoms with van der Waals surface area (Å²) in [6, 6.07) is 12.6. The van der Waals surface area contributed by atoms with Gasteiger partial charge >= 0.3 is 11.9 Å². The number of rotatable bonds is 22. The highest BCUT2D eigenvalue weighted by molar-refractivity contribution is 6.32. The van der Waals surface area contributed by atoms with Crippen molar-refractivity contribution >= 4 is 41.1 Å². The number of nitrogens with one attached hydrogen (secondary N) is 2. The lowest BCUT2D eigenvalue weighted by Gasteiger charge is -2.34. The first-order chi connectivity index (χ1) is 32.5. The lowest BCUT2D eigenvalue weighted by atomic mass is 9.92. The van der Waals surface area contributed by atoms with Gasteiger partial charge in [0.2, 0.25) is 11.8 Å². The molecule has 0 unspecified atom stereocenters. The molecule has 5 rings (SSSR count). The maximum atomic E-state index is 13.9. The molecule has 17 heteroatoms. The van der Waals surface area contributed by atoms with Crippen molar-refractivity contribution in [3.8, 4) is 5.75 Å². The van der Waals surface area contributed by atoms with Gasteiger partial charge in [0.1, 0.15) is 29.8 Å². The summed E-state index contributed by atoms with van der Waals surface area (Å²) >= 11 is 6.38. The van der Waals surface area contributed by atoms with Crippen LogP contribution in [0.4, 0.5) is 0 Å². The van der Waals surface area contributed by atoms with Crippen LogP contribution in [0.3, 0.4) is 0 Å². The molecule has 2 amide bonds. The first kappa shape index (κ1) is 54.5. The zero-order valence-corrected chi connectivity index (χ0v) is 41.7. The highest BCUT2D eigenvalue weighted by Gasteiger charge is 2.48. The molecule has 3 heterocycles. The van der Waals surface area contributed by atoms with Crippen LogP contribution in [0.15, 0.2) is 54.6 Å². The molecule has 68 heavy (non-hydrogen) atoms. The number of ether oxygens (including phenoxy) is 7. The molecule has 3 aliphatic rings. The Morgan fingerprint density at radius 1 is 0.868 bits per heavy atom. The Morgan fingerprint density at radius 2 is 1.51 bits per heavy atom. The fourth-order valence-corrected chi connectivity index (χ4v) is 8.30. The van der Waals surface area contributed by atoms with E-state index in [4.69, 9.17) is 44.8 Å². The molecule has 2 aromatic rings. The Bertz CT molecular complexity index is 1990. The summed E-state index contributed by atoms with van der Waals surface area (Å²) in [5.41, 5.74) is 1.69. The predicted octanol–water partition coefficient (Wildman–Crippen LogP) is 5.27. The third-order valence-corrected chi connectivity index (χ3v) is 12.6. The molecule has 0 bridgehead atoms. The van der Waals surface area contributed by atoms with Gasteiger partial charge in [0.05, 0.1) is 63.3 Å². The monoisotopic (exact) mass is 968 g/mol. The second kappa shape index (κ2) is 27.1. The van der Waals surface area contributed by atoms with Crippen molar-refractivity contribution in [2.45, 2.75) is 104 Å². The van der Waals surface area contributed by atoms with E-state index in [-0.39, 0.29) is 55.6 Å². The molecule has 3 aliphatic heterocycles. The third kappa shape index (κ3) is 17.8. The molecular formula is C51H73ClN4O12. The van der Waals surface area contributed by atoms with Gasteiger partial charge in [0.25, 0.3) is 0 Å². The molecule has 2 aromatic carbocycles. The Hall–Kier alpha value is -4.42. The van der Waals surface area contributed by atoms with Gasteiger partial charge in [-0.25, -0.2) is 4.79 Å². The molecule has 2 saturated heterocycles. The Balaban J connectivity index is 1.15. The van der Waals surface area contributed by atoms with E-state index in [9.17, 15) is 24.0 Å². The number of carbonyl (C=O) groups is 5. The van der Waals surface area contributed by atoms with Gasteiger partial charge < -0.3 is 43.8 Å². The summed E-state index contributed by atoms with van der Waals surface area (Å²) in [5.74, 6) is -2.07. The topological polar surface area (TPSA) is 184 Å². The van der Waals surface area contributed by atoms with E-state index in [0.717, 1.165) is 44.8 Å². The maximum Gasteiger partial charge on any atom is 0.347 e. The van der Waals surface area contributed by atoms with Crippen molar-refractivity contribution < 1.29 is 57.1 Å². The quantitative estimate of drug-likeness (QED) is 0.0884. The van der Waals surface area contributed by atoms with E-state index in [1.165, 1.54) is 18.7 Å². The van der Waals surface area contributed by atoms with Crippen molar-refractivity contribution in [3.05, 3.63) is 76.3 Å². The number of methoxy groups -OCH3 is 1. The van der Waals surface area contributed by atoms with Crippen LogP contribution in [0.1, 0.15) is 83.6 Å². The maximum absolute atomic E-state index is 13.9. The second-order valence-electron chi connectivity index (χ2n) is 19.0.